The third-order valence-electron chi connectivity index (χ3n) is 4.55. The predicted molar refractivity (Wildman–Crippen MR) is 77.2 cm³/mol. The number of nitrogens with zero attached hydrogens (tertiary/aromatic N) is 1. The molecule has 1 aromatic carbocycles. The zero-order chi connectivity index (χ0) is 14.1. The number of phenols is 1. The molecule has 1 saturated heterocycles. The summed E-state index contributed by atoms with van der Waals surface area (Å²) in [4.78, 5) is 2.59. The highest BCUT2D eigenvalue weighted by molar-refractivity contribution is 5.34. The molecule has 1 saturated carbocycles. The van der Waals surface area contributed by atoms with E-state index >= 15 is 0 Å². The molecule has 2 fully saturated rings. The number of rotatable bonds is 5. The van der Waals surface area contributed by atoms with Gasteiger partial charge in [0.15, 0.2) is 0 Å². The maximum atomic E-state index is 13.3. The summed E-state index contributed by atoms with van der Waals surface area (Å²) in [5.41, 5.74) is 0.641. The van der Waals surface area contributed by atoms with Crippen molar-refractivity contribution in [2.24, 2.45) is 5.92 Å². The van der Waals surface area contributed by atoms with Gasteiger partial charge in [-0.1, -0.05) is 0 Å². The van der Waals surface area contributed by atoms with Gasteiger partial charge in [-0.2, -0.15) is 0 Å². The number of nitrogens with one attached hydrogen (secondary N) is 1. The van der Waals surface area contributed by atoms with Crippen molar-refractivity contribution in [3.63, 3.8) is 0 Å². The molecule has 0 aromatic heterocycles. The van der Waals surface area contributed by atoms with Gasteiger partial charge in [0.2, 0.25) is 0 Å². The highest BCUT2D eigenvalue weighted by atomic mass is 19.1. The molecule has 110 valence electrons. The van der Waals surface area contributed by atoms with Gasteiger partial charge in [0.1, 0.15) is 11.6 Å². The first-order chi connectivity index (χ1) is 9.63. The molecule has 0 amide bonds. The molecule has 2 unspecified atom stereocenters. The van der Waals surface area contributed by atoms with E-state index in [4.69, 9.17) is 0 Å². The van der Waals surface area contributed by atoms with Gasteiger partial charge in [0.05, 0.1) is 0 Å². The van der Waals surface area contributed by atoms with Crippen LogP contribution in [0.15, 0.2) is 18.2 Å². The van der Waals surface area contributed by atoms with Crippen LogP contribution in [0.3, 0.4) is 0 Å². The Kier molecular flexibility index (Phi) is 3.94. The van der Waals surface area contributed by atoms with E-state index in [2.05, 4.69) is 10.2 Å². The van der Waals surface area contributed by atoms with E-state index in [-0.39, 0.29) is 17.6 Å². The number of hydrogen-bond donors (Lipinski definition) is 2. The molecule has 3 nitrogen and oxygen atoms in total. The maximum absolute atomic E-state index is 13.3. The van der Waals surface area contributed by atoms with Crippen LogP contribution in [0.25, 0.3) is 0 Å². The Morgan fingerprint density at radius 1 is 1.40 bits per heavy atom. The molecule has 2 aliphatic rings. The van der Waals surface area contributed by atoms with Crippen molar-refractivity contribution in [1.82, 2.24) is 10.2 Å². The van der Waals surface area contributed by atoms with E-state index in [0.29, 0.717) is 11.5 Å². The monoisotopic (exact) mass is 278 g/mol. The minimum absolute atomic E-state index is 0.0272. The van der Waals surface area contributed by atoms with Gasteiger partial charge in [-0.3, -0.25) is 0 Å². The van der Waals surface area contributed by atoms with Gasteiger partial charge in [-0.05, 0) is 63.4 Å². The fraction of sp³-hybridized carbons (Fsp3) is 0.625. The number of halogens is 1. The minimum atomic E-state index is -0.299. The molecule has 20 heavy (non-hydrogen) atoms. The lowest BCUT2D eigenvalue weighted by Crippen LogP contribution is -2.29. The lowest BCUT2D eigenvalue weighted by molar-refractivity contribution is 0.309. The van der Waals surface area contributed by atoms with Crippen LogP contribution in [-0.2, 0) is 0 Å². The predicted octanol–water partition coefficient (Wildman–Crippen LogP) is 2.67. The van der Waals surface area contributed by atoms with Gasteiger partial charge < -0.3 is 15.3 Å². The number of likely N-dealkylation sites (tertiary alicyclic amines) is 1. The number of benzene rings is 1. The molecule has 1 aromatic rings. The van der Waals surface area contributed by atoms with E-state index in [1.54, 1.807) is 0 Å². The molecule has 0 spiro atoms. The van der Waals surface area contributed by atoms with Crippen LogP contribution in [0.5, 0.6) is 5.75 Å². The molecule has 1 heterocycles. The van der Waals surface area contributed by atoms with Gasteiger partial charge in [0.25, 0.3) is 0 Å². The van der Waals surface area contributed by atoms with Crippen molar-refractivity contribution >= 4 is 0 Å². The Bertz CT molecular complexity index is 476. The molecule has 1 aliphatic heterocycles. The van der Waals surface area contributed by atoms with Crippen molar-refractivity contribution in [2.45, 2.75) is 38.3 Å². The second kappa shape index (κ2) is 5.70. The number of aromatic hydroxyl groups is 1. The highest BCUT2D eigenvalue weighted by Gasteiger charge is 2.34. The Hall–Kier alpha value is -1.13. The maximum Gasteiger partial charge on any atom is 0.123 e. The Labute approximate surface area is 119 Å². The van der Waals surface area contributed by atoms with Crippen LogP contribution in [0, 0.1) is 11.7 Å². The summed E-state index contributed by atoms with van der Waals surface area (Å²) in [5.74, 6) is 0.540. The van der Waals surface area contributed by atoms with Crippen molar-refractivity contribution < 1.29 is 9.50 Å². The third-order valence-corrected chi connectivity index (χ3v) is 4.55. The van der Waals surface area contributed by atoms with E-state index in [9.17, 15) is 9.50 Å². The normalized spacial score (nSPS) is 25.0. The van der Waals surface area contributed by atoms with E-state index < -0.39 is 0 Å². The zero-order valence-electron chi connectivity index (χ0n) is 12.0. The smallest absolute Gasteiger partial charge is 0.123 e. The van der Waals surface area contributed by atoms with Gasteiger partial charge in [-0.25, -0.2) is 4.39 Å². The summed E-state index contributed by atoms with van der Waals surface area (Å²) in [6.45, 7) is 5.30. The number of hydrogen-bond acceptors (Lipinski definition) is 3. The van der Waals surface area contributed by atoms with Crippen molar-refractivity contribution in [3.8, 4) is 5.75 Å². The van der Waals surface area contributed by atoms with Gasteiger partial charge in [-0.15, -0.1) is 0 Å². The molecule has 2 N–H and O–H groups in total. The molecule has 0 radical (unpaired) electrons. The Morgan fingerprint density at radius 3 is 2.95 bits per heavy atom. The summed E-state index contributed by atoms with van der Waals surface area (Å²) in [6.07, 6.45) is 3.98. The Balaban J connectivity index is 1.51. The minimum Gasteiger partial charge on any atom is -0.508 e. The quantitative estimate of drug-likeness (QED) is 0.869. The van der Waals surface area contributed by atoms with Gasteiger partial charge >= 0.3 is 0 Å². The largest absolute Gasteiger partial charge is 0.508 e. The van der Waals surface area contributed by atoms with Crippen LogP contribution in [0.1, 0.15) is 37.8 Å². The molecule has 4 heteroatoms. The van der Waals surface area contributed by atoms with Crippen LogP contribution in [0.4, 0.5) is 4.39 Å². The lowest BCUT2D eigenvalue weighted by atomic mass is 10.0. The number of phenolic OH excluding ortho intramolecular Hbond substituents is 1. The van der Waals surface area contributed by atoms with Crippen LogP contribution < -0.4 is 5.32 Å². The first-order valence-corrected chi connectivity index (χ1v) is 7.59. The summed E-state index contributed by atoms with van der Waals surface area (Å²) in [5, 5.41) is 13.2. The molecule has 1 aliphatic carbocycles. The fourth-order valence-electron chi connectivity index (χ4n) is 3.13. The lowest BCUT2D eigenvalue weighted by Gasteiger charge is -2.19. The summed E-state index contributed by atoms with van der Waals surface area (Å²) < 4.78 is 13.3. The Morgan fingerprint density at radius 2 is 2.20 bits per heavy atom. The first-order valence-electron chi connectivity index (χ1n) is 7.59. The van der Waals surface area contributed by atoms with Crippen molar-refractivity contribution in [3.05, 3.63) is 29.6 Å². The van der Waals surface area contributed by atoms with E-state index in [0.717, 1.165) is 12.6 Å². The molecular weight excluding hydrogens is 255 g/mol. The summed E-state index contributed by atoms with van der Waals surface area (Å²) >= 11 is 0. The second-order valence-corrected chi connectivity index (χ2v) is 6.21. The molecule has 0 bridgehead atoms. The van der Waals surface area contributed by atoms with Crippen molar-refractivity contribution in [2.75, 3.05) is 19.6 Å². The van der Waals surface area contributed by atoms with E-state index in [1.165, 1.54) is 50.6 Å². The molecular formula is C16H23FN2O. The average molecular weight is 278 g/mol. The molecule has 2 atom stereocenters. The van der Waals surface area contributed by atoms with Crippen molar-refractivity contribution in [1.29, 1.82) is 0 Å². The fourth-order valence-corrected chi connectivity index (χ4v) is 3.13. The van der Waals surface area contributed by atoms with Gasteiger partial charge in [0, 0.05) is 24.2 Å². The van der Waals surface area contributed by atoms with Crippen LogP contribution >= 0.6 is 0 Å². The summed E-state index contributed by atoms with van der Waals surface area (Å²) in [6, 6.07) is 4.95. The van der Waals surface area contributed by atoms with Crippen LogP contribution in [-0.4, -0.2) is 35.7 Å². The van der Waals surface area contributed by atoms with E-state index in [1.807, 2.05) is 6.92 Å². The standard InChI is InChI=1S/C16H23FN2O/c1-11(15-8-13(17)2-5-16(15)20)18-9-12-6-7-19(10-12)14-3-4-14/h2,5,8,11-12,14,18,20H,3-4,6-7,9-10H2,1H3. The SMILES string of the molecule is CC(NCC1CCN(C2CC2)C1)c1cc(F)ccc1O. The zero-order valence-corrected chi connectivity index (χ0v) is 12.0. The van der Waals surface area contributed by atoms with Crippen LogP contribution in [0.2, 0.25) is 0 Å². The highest BCUT2D eigenvalue weighted by Crippen LogP contribution is 2.32. The molecule has 3 rings (SSSR count). The second-order valence-electron chi connectivity index (χ2n) is 6.21. The third kappa shape index (κ3) is 3.13. The summed E-state index contributed by atoms with van der Waals surface area (Å²) in [7, 11) is 0. The topological polar surface area (TPSA) is 35.5 Å². The first kappa shape index (κ1) is 13.8. The average Bonchev–Trinajstić information content (AvgIpc) is 3.18.